The summed E-state index contributed by atoms with van der Waals surface area (Å²) in [6, 6.07) is 14.9. The lowest BCUT2D eigenvalue weighted by Crippen LogP contribution is -2.13. The van der Waals surface area contributed by atoms with Crippen molar-refractivity contribution in [2.45, 2.75) is 4.34 Å². The van der Waals surface area contributed by atoms with Crippen LogP contribution in [0.5, 0.6) is 0 Å². The van der Waals surface area contributed by atoms with Crippen molar-refractivity contribution in [1.29, 1.82) is 0 Å². The number of esters is 1. The number of amides is 1. The van der Waals surface area contributed by atoms with E-state index in [0.29, 0.717) is 21.0 Å². The number of nitrogens with one attached hydrogen (secondary N) is 1. The molecular weight excluding hydrogens is 440 g/mol. The zero-order valence-corrected chi connectivity index (χ0v) is 17.8. The second-order valence-corrected chi connectivity index (χ2v) is 8.17. The molecule has 11 heteroatoms. The highest BCUT2D eigenvalue weighted by atomic mass is 32.2. The van der Waals surface area contributed by atoms with Crippen molar-refractivity contribution in [3.8, 4) is 0 Å². The molecule has 1 heterocycles. The molecule has 0 spiro atoms. The van der Waals surface area contributed by atoms with E-state index in [4.69, 9.17) is 0 Å². The molecule has 0 saturated carbocycles. The number of nitro benzene ring substituents is 1. The fourth-order valence-electron chi connectivity index (χ4n) is 2.46. The first-order valence-electron chi connectivity index (χ1n) is 8.82. The zero-order valence-electron chi connectivity index (χ0n) is 16.2. The maximum atomic E-state index is 13.0. The van der Waals surface area contributed by atoms with Gasteiger partial charge in [-0.3, -0.25) is 25.0 Å². The predicted octanol–water partition coefficient (Wildman–Crippen LogP) is 3.89. The number of non-ortho nitro benzene ring substituents is 1. The number of ether oxygens (including phenoxy) is 1. The average Bonchev–Trinajstić information content (AvgIpc) is 3.23. The fourth-order valence-corrected chi connectivity index (χ4v) is 4.03. The van der Waals surface area contributed by atoms with Crippen LogP contribution in [-0.2, 0) is 14.3 Å². The largest absolute Gasteiger partial charge is 0.468 e. The summed E-state index contributed by atoms with van der Waals surface area (Å²) in [4.78, 5) is 34.8. The summed E-state index contributed by atoms with van der Waals surface area (Å²) in [6.07, 6.45) is 1.58. The number of hydrogen-bond donors (Lipinski definition) is 1. The first-order valence-corrected chi connectivity index (χ1v) is 10.6. The number of benzene rings is 2. The Morgan fingerprint density at radius 3 is 2.68 bits per heavy atom. The van der Waals surface area contributed by atoms with Crippen LogP contribution in [0.4, 0.5) is 10.8 Å². The Balaban J connectivity index is 1.84. The minimum absolute atomic E-state index is 0.0713. The molecule has 0 aliphatic carbocycles. The third-order valence-electron chi connectivity index (χ3n) is 3.89. The molecule has 0 unspecified atom stereocenters. The van der Waals surface area contributed by atoms with Crippen LogP contribution in [0.2, 0.25) is 0 Å². The van der Waals surface area contributed by atoms with Gasteiger partial charge in [-0.1, -0.05) is 65.6 Å². The smallest absolute Gasteiger partial charge is 0.316 e. The van der Waals surface area contributed by atoms with Crippen LogP contribution in [0, 0.1) is 10.1 Å². The van der Waals surface area contributed by atoms with Gasteiger partial charge in [0.2, 0.25) is 5.13 Å². The lowest BCUT2D eigenvalue weighted by molar-refractivity contribution is -0.384. The Bertz CT molecular complexity index is 1130. The summed E-state index contributed by atoms with van der Waals surface area (Å²) in [7, 11) is 1.30. The molecule has 158 valence electrons. The predicted molar refractivity (Wildman–Crippen MR) is 119 cm³/mol. The molecule has 1 aromatic heterocycles. The zero-order chi connectivity index (χ0) is 22.2. The van der Waals surface area contributed by atoms with Crippen LogP contribution in [0.1, 0.15) is 11.1 Å². The van der Waals surface area contributed by atoms with E-state index in [-0.39, 0.29) is 16.6 Å². The van der Waals surface area contributed by atoms with Gasteiger partial charge in [0.05, 0.1) is 17.8 Å². The molecule has 1 N–H and O–H groups in total. The summed E-state index contributed by atoms with van der Waals surface area (Å²) < 4.78 is 5.09. The SMILES string of the molecule is COC(=O)CSc1nnc(NC(=O)/C(=C/c2cccc([N+](=O)[O-])c2)c2ccccc2)s1. The lowest BCUT2D eigenvalue weighted by atomic mass is 10.0. The first kappa shape index (κ1) is 22.1. The van der Waals surface area contributed by atoms with Crippen LogP contribution in [-0.4, -0.2) is 39.9 Å². The van der Waals surface area contributed by atoms with Gasteiger partial charge in [-0.2, -0.15) is 0 Å². The van der Waals surface area contributed by atoms with Gasteiger partial charge in [0.15, 0.2) is 4.34 Å². The van der Waals surface area contributed by atoms with Crippen LogP contribution in [0.3, 0.4) is 0 Å². The number of carbonyl (C=O) groups is 2. The quantitative estimate of drug-likeness (QED) is 0.103. The maximum absolute atomic E-state index is 13.0. The van der Waals surface area contributed by atoms with Crippen LogP contribution in [0.25, 0.3) is 11.6 Å². The Labute approximate surface area is 185 Å². The van der Waals surface area contributed by atoms with E-state index in [1.54, 1.807) is 42.5 Å². The number of methoxy groups -OCH3 is 1. The van der Waals surface area contributed by atoms with Gasteiger partial charge >= 0.3 is 5.97 Å². The van der Waals surface area contributed by atoms with Gasteiger partial charge in [0.1, 0.15) is 0 Å². The minimum Gasteiger partial charge on any atom is -0.468 e. The van der Waals surface area contributed by atoms with Crippen LogP contribution < -0.4 is 5.32 Å². The number of thioether (sulfide) groups is 1. The van der Waals surface area contributed by atoms with Gasteiger partial charge in [-0.15, -0.1) is 10.2 Å². The molecule has 1 amide bonds. The maximum Gasteiger partial charge on any atom is 0.316 e. The molecule has 0 radical (unpaired) electrons. The number of nitro groups is 1. The van der Waals surface area contributed by atoms with E-state index in [2.05, 4.69) is 20.3 Å². The molecule has 2 aromatic carbocycles. The van der Waals surface area contributed by atoms with Crippen LogP contribution in [0.15, 0.2) is 58.9 Å². The van der Waals surface area contributed by atoms with Crippen molar-refractivity contribution >= 4 is 57.4 Å². The average molecular weight is 457 g/mol. The Hall–Kier alpha value is -3.57. The molecule has 0 aliphatic rings. The minimum atomic E-state index is -0.492. The van der Waals surface area contributed by atoms with Crippen LogP contribution >= 0.6 is 23.1 Å². The third kappa shape index (κ3) is 6.20. The highest BCUT2D eigenvalue weighted by Gasteiger charge is 2.16. The first-order chi connectivity index (χ1) is 15.0. The molecule has 0 bridgehead atoms. The van der Waals surface area contributed by atoms with Crippen molar-refractivity contribution in [3.05, 3.63) is 75.8 Å². The van der Waals surface area contributed by atoms with Gasteiger partial charge in [-0.25, -0.2) is 0 Å². The molecule has 9 nitrogen and oxygen atoms in total. The van der Waals surface area contributed by atoms with Gasteiger partial charge in [0, 0.05) is 17.7 Å². The molecule has 0 aliphatic heterocycles. The fraction of sp³-hybridized carbons (Fsp3) is 0.100. The number of nitrogens with zero attached hydrogens (tertiary/aromatic N) is 3. The Morgan fingerprint density at radius 2 is 1.97 bits per heavy atom. The van der Waals surface area contributed by atoms with E-state index in [1.165, 1.54) is 19.2 Å². The number of hydrogen-bond acceptors (Lipinski definition) is 9. The second kappa shape index (κ2) is 10.5. The summed E-state index contributed by atoms with van der Waals surface area (Å²) >= 11 is 2.28. The van der Waals surface area contributed by atoms with Crippen molar-refractivity contribution in [1.82, 2.24) is 10.2 Å². The molecule has 0 saturated heterocycles. The molecule has 3 rings (SSSR count). The number of anilines is 1. The highest BCUT2D eigenvalue weighted by molar-refractivity contribution is 8.01. The van der Waals surface area contributed by atoms with E-state index < -0.39 is 16.8 Å². The van der Waals surface area contributed by atoms with E-state index in [1.807, 2.05) is 6.07 Å². The topological polar surface area (TPSA) is 124 Å². The van der Waals surface area contributed by atoms with Crippen molar-refractivity contribution in [2.24, 2.45) is 0 Å². The second-order valence-electron chi connectivity index (χ2n) is 5.97. The van der Waals surface area contributed by atoms with Crippen molar-refractivity contribution < 1.29 is 19.2 Å². The Kier molecular flexibility index (Phi) is 7.46. The Morgan fingerprint density at radius 1 is 1.19 bits per heavy atom. The molecule has 3 aromatic rings. The normalized spacial score (nSPS) is 11.1. The standard InChI is InChI=1S/C20H16N4O5S2/c1-29-17(25)12-30-20-23-22-19(31-20)21-18(26)16(14-7-3-2-4-8-14)11-13-6-5-9-15(10-13)24(27)28/h2-11H,12H2,1H3,(H,21,22,26)/b16-11+. The van der Waals surface area contributed by atoms with Gasteiger partial charge in [0.25, 0.3) is 11.6 Å². The van der Waals surface area contributed by atoms with Gasteiger partial charge in [-0.05, 0) is 17.2 Å². The summed E-state index contributed by atoms with van der Waals surface area (Å²) in [6.45, 7) is 0. The molecule has 31 heavy (non-hydrogen) atoms. The number of carbonyl (C=O) groups excluding carboxylic acids is 2. The summed E-state index contributed by atoms with van der Waals surface area (Å²) in [5.74, 6) is -0.753. The molecular formula is C20H16N4O5S2. The van der Waals surface area contributed by atoms with Crippen molar-refractivity contribution in [3.63, 3.8) is 0 Å². The molecule has 0 atom stereocenters. The third-order valence-corrected chi connectivity index (χ3v) is 5.84. The number of aromatic nitrogens is 2. The molecule has 0 fully saturated rings. The summed E-state index contributed by atoms with van der Waals surface area (Å²) in [5, 5.41) is 21.9. The number of rotatable bonds is 8. The van der Waals surface area contributed by atoms with Crippen molar-refractivity contribution in [2.75, 3.05) is 18.2 Å². The lowest BCUT2D eigenvalue weighted by Gasteiger charge is -2.08. The monoisotopic (exact) mass is 456 g/mol. The van der Waals surface area contributed by atoms with E-state index in [0.717, 1.165) is 23.1 Å². The highest BCUT2D eigenvalue weighted by Crippen LogP contribution is 2.27. The van der Waals surface area contributed by atoms with Gasteiger partial charge < -0.3 is 4.74 Å². The van der Waals surface area contributed by atoms with E-state index >= 15 is 0 Å². The van der Waals surface area contributed by atoms with E-state index in [9.17, 15) is 19.7 Å². The summed E-state index contributed by atoms with van der Waals surface area (Å²) in [5.41, 5.74) is 1.38.